The van der Waals surface area contributed by atoms with Crippen molar-refractivity contribution >= 4 is 23.5 Å². The maximum absolute atomic E-state index is 12.9. The van der Waals surface area contributed by atoms with Crippen LogP contribution in [0, 0.1) is 10.1 Å². The van der Waals surface area contributed by atoms with Gasteiger partial charge in [0.2, 0.25) is 0 Å². The second kappa shape index (κ2) is 12.2. The molecule has 0 saturated carbocycles. The van der Waals surface area contributed by atoms with Crippen LogP contribution in [0.4, 0.5) is 5.69 Å². The molecule has 182 valence electrons. The van der Waals surface area contributed by atoms with Crippen molar-refractivity contribution in [1.82, 2.24) is 9.80 Å². The Bertz CT molecular complexity index is 1020. The number of aliphatic carboxylic acids is 2. The number of carbonyl (C=O) groups excluding carboxylic acids is 1. The van der Waals surface area contributed by atoms with E-state index in [-0.39, 0.29) is 16.5 Å². The average Bonchev–Trinajstić information content (AvgIpc) is 2.84. The van der Waals surface area contributed by atoms with E-state index in [4.69, 9.17) is 29.3 Å². The summed E-state index contributed by atoms with van der Waals surface area (Å²) in [5, 5.41) is 26.0. The van der Waals surface area contributed by atoms with Crippen molar-refractivity contribution in [2.45, 2.75) is 6.54 Å². The molecule has 1 fully saturated rings. The summed E-state index contributed by atoms with van der Waals surface area (Å²) in [6.45, 7) is 2.90. The molecule has 34 heavy (non-hydrogen) atoms. The number of para-hydroxylation sites is 1. The molecule has 1 aliphatic rings. The SMILES string of the molecule is COc1cc(OC)cc(C(=O)N2CCN(Cc3ccccc3[N+](=O)[O-])CC2)c1.O=C(O)C(=O)O. The van der Waals surface area contributed by atoms with Gasteiger partial charge in [0.25, 0.3) is 11.6 Å². The molecular formula is C22H25N3O9. The topological polar surface area (TPSA) is 160 Å². The Hall–Kier alpha value is -4.19. The van der Waals surface area contributed by atoms with Crippen LogP contribution < -0.4 is 9.47 Å². The van der Waals surface area contributed by atoms with E-state index in [1.807, 2.05) is 0 Å². The largest absolute Gasteiger partial charge is 0.497 e. The van der Waals surface area contributed by atoms with Crippen LogP contribution in [0.5, 0.6) is 11.5 Å². The zero-order valence-corrected chi connectivity index (χ0v) is 18.7. The molecule has 12 nitrogen and oxygen atoms in total. The van der Waals surface area contributed by atoms with Gasteiger partial charge >= 0.3 is 11.9 Å². The lowest BCUT2D eigenvalue weighted by atomic mass is 10.1. The number of carboxylic acid groups (broad SMARTS) is 2. The van der Waals surface area contributed by atoms with Gasteiger partial charge in [-0.2, -0.15) is 0 Å². The van der Waals surface area contributed by atoms with Crippen LogP contribution in [-0.2, 0) is 16.1 Å². The lowest BCUT2D eigenvalue weighted by Gasteiger charge is -2.34. The van der Waals surface area contributed by atoms with Crippen molar-refractivity contribution in [1.29, 1.82) is 0 Å². The zero-order chi connectivity index (χ0) is 25.3. The van der Waals surface area contributed by atoms with Gasteiger partial charge in [-0.05, 0) is 12.1 Å². The first kappa shape index (κ1) is 26.1. The summed E-state index contributed by atoms with van der Waals surface area (Å²) in [6.07, 6.45) is 0. The minimum Gasteiger partial charge on any atom is -0.497 e. The molecular weight excluding hydrogens is 450 g/mol. The highest BCUT2D eigenvalue weighted by atomic mass is 16.6. The summed E-state index contributed by atoms with van der Waals surface area (Å²) in [5.41, 5.74) is 1.33. The molecule has 0 aromatic heterocycles. The van der Waals surface area contributed by atoms with Crippen molar-refractivity contribution in [3.8, 4) is 11.5 Å². The van der Waals surface area contributed by atoms with E-state index in [1.165, 1.54) is 6.07 Å². The maximum Gasteiger partial charge on any atom is 0.414 e. The summed E-state index contributed by atoms with van der Waals surface area (Å²) in [4.78, 5) is 45.8. The van der Waals surface area contributed by atoms with Gasteiger partial charge in [-0.1, -0.05) is 18.2 Å². The van der Waals surface area contributed by atoms with E-state index in [9.17, 15) is 14.9 Å². The Morgan fingerprint density at radius 2 is 1.47 bits per heavy atom. The Morgan fingerprint density at radius 1 is 0.941 bits per heavy atom. The first-order valence-electron chi connectivity index (χ1n) is 10.1. The Labute approximate surface area is 195 Å². The average molecular weight is 475 g/mol. The van der Waals surface area contributed by atoms with E-state index in [2.05, 4.69) is 4.90 Å². The number of hydrogen-bond donors (Lipinski definition) is 2. The third-order valence-corrected chi connectivity index (χ3v) is 5.02. The lowest BCUT2D eigenvalue weighted by molar-refractivity contribution is -0.385. The molecule has 1 amide bonds. The number of nitro groups is 1. The molecule has 3 rings (SSSR count). The molecule has 0 spiro atoms. The molecule has 1 saturated heterocycles. The second-order valence-corrected chi connectivity index (χ2v) is 7.17. The molecule has 1 aliphatic heterocycles. The van der Waals surface area contributed by atoms with E-state index in [0.29, 0.717) is 55.3 Å². The van der Waals surface area contributed by atoms with Gasteiger partial charge in [0, 0.05) is 56.0 Å². The van der Waals surface area contributed by atoms with Crippen LogP contribution in [0.25, 0.3) is 0 Å². The summed E-state index contributed by atoms with van der Waals surface area (Å²) < 4.78 is 10.5. The predicted molar refractivity (Wildman–Crippen MR) is 119 cm³/mol. The van der Waals surface area contributed by atoms with E-state index in [1.54, 1.807) is 55.5 Å². The van der Waals surface area contributed by atoms with Crippen molar-refractivity contribution in [2.75, 3.05) is 40.4 Å². The summed E-state index contributed by atoms with van der Waals surface area (Å²) in [7, 11) is 3.09. The molecule has 2 N–H and O–H groups in total. The fraction of sp³-hybridized carbons (Fsp3) is 0.318. The highest BCUT2D eigenvalue weighted by Crippen LogP contribution is 2.24. The molecule has 2 aromatic carbocycles. The molecule has 12 heteroatoms. The molecule has 0 bridgehead atoms. The van der Waals surface area contributed by atoms with Crippen LogP contribution in [0.1, 0.15) is 15.9 Å². The monoisotopic (exact) mass is 475 g/mol. The summed E-state index contributed by atoms with van der Waals surface area (Å²) in [6, 6.07) is 11.9. The number of carbonyl (C=O) groups is 3. The van der Waals surface area contributed by atoms with Gasteiger partial charge < -0.3 is 24.6 Å². The maximum atomic E-state index is 12.9. The minimum atomic E-state index is -1.82. The number of hydrogen-bond acceptors (Lipinski definition) is 8. The van der Waals surface area contributed by atoms with Crippen LogP contribution >= 0.6 is 0 Å². The summed E-state index contributed by atoms with van der Waals surface area (Å²) >= 11 is 0. The number of ether oxygens (including phenoxy) is 2. The number of nitro benzene ring substituents is 1. The van der Waals surface area contributed by atoms with Gasteiger partial charge in [0.05, 0.1) is 19.1 Å². The number of amides is 1. The highest BCUT2D eigenvalue weighted by Gasteiger charge is 2.24. The van der Waals surface area contributed by atoms with E-state index < -0.39 is 11.9 Å². The normalized spacial score (nSPS) is 13.3. The third-order valence-electron chi connectivity index (χ3n) is 5.02. The minimum absolute atomic E-state index is 0.0810. The Kier molecular flexibility index (Phi) is 9.32. The fourth-order valence-corrected chi connectivity index (χ4v) is 3.29. The van der Waals surface area contributed by atoms with Crippen LogP contribution in [0.2, 0.25) is 0 Å². The molecule has 2 aromatic rings. The summed E-state index contributed by atoms with van der Waals surface area (Å²) in [5.74, 6) is -2.59. The number of benzene rings is 2. The van der Waals surface area contributed by atoms with E-state index >= 15 is 0 Å². The number of carboxylic acids is 2. The standard InChI is InChI=1S/C20H23N3O5.C2H2O4/c1-27-17-11-16(12-18(13-17)28-2)20(24)22-9-7-21(8-10-22)14-15-5-3-4-6-19(15)23(25)26;3-1(4)2(5)6/h3-6,11-13H,7-10,14H2,1-2H3;(H,3,4)(H,5,6). The first-order valence-corrected chi connectivity index (χ1v) is 10.1. The quantitative estimate of drug-likeness (QED) is 0.358. The highest BCUT2D eigenvalue weighted by molar-refractivity contribution is 6.27. The van der Waals surface area contributed by atoms with Crippen molar-refractivity contribution in [2.24, 2.45) is 0 Å². The van der Waals surface area contributed by atoms with Gasteiger partial charge in [0.1, 0.15) is 11.5 Å². The van der Waals surface area contributed by atoms with Gasteiger partial charge in [-0.15, -0.1) is 0 Å². The number of nitrogens with zero attached hydrogens (tertiary/aromatic N) is 3. The number of piperazine rings is 1. The first-order chi connectivity index (χ1) is 16.2. The van der Waals surface area contributed by atoms with Crippen molar-refractivity contribution in [3.05, 3.63) is 63.7 Å². The molecule has 0 aliphatic carbocycles. The molecule has 0 unspecified atom stereocenters. The zero-order valence-electron chi connectivity index (χ0n) is 18.7. The number of methoxy groups -OCH3 is 2. The van der Waals surface area contributed by atoms with Crippen molar-refractivity contribution < 1.29 is 39.0 Å². The van der Waals surface area contributed by atoms with E-state index in [0.717, 1.165) is 0 Å². The van der Waals surface area contributed by atoms with Crippen LogP contribution in [-0.4, -0.2) is 83.2 Å². The van der Waals surface area contributed by atoms with Gasteiger partial charge in [-0.25, -0.2) is 9.59 Å². The van der Waals surface area contributed by atoms with Crippen LogP contribution in [0.3, 0.4) is 0 Å². The lowest BCUT2D eigenvalue weighted by Crippen LogP contribution is -2.48. The third kappa shape index (κ3) is 7.17. The second-order valence-electron chi connectivity index (χ2n) is 7.17. The van der Waals surface area contributed by atoms with Gasteiger partial charge in [0.15, 0.2) is 0 Å². The predicted octanol–water partition coefficient (Wildman–Crippen LogP) is 1.73. The molecule has 0 radical (unpaired) electrons. The number of rotatable bonds is 6. The van der Waals surface area contributed by atoms with Crippen LogP contribution in [0.15, 0.2) is 42.5 Å². The van der Waals surface area contributed by atoms with Gasteiger partial charge in [-0.3, -0.25) is 19.8 Å². The Morgan fingerprint density at radius 3 is 1.94 bits per heavy atom. The smallest absolute Gasteiger partial charge is 0.414 e. The molecule has 1 heterocycles. The fourth-order valence-electron chi connectivity index (χ4n) is 3.29. The van der Waals surface area contributed by atoms with Crippen molar-refractivity contribution in [3.63, 3.8) is 0 Å². The molecule has 0 atom stereocenters. The Balaban J connectivity index is 0.000000604.